The van der Waals surface area contributed by atoms with Crippen molar-refractivity contribution in [3.8, 4) is 0 Å². The van der Waals surface area contributed by atoms with Crippen molar-refractivity contribution in [3.63, 3.8) is 0 Å². The van der Waals surface area contributed by atoms with Crippen LogP contribution in [0.2, 0.25) is 0 Å². The molecule has 0 spiro atoms. The van der Waals surface area contributed by atoms with E-state index in [0.29, 0.717) is 43.1 Å². The number of aryl methyl sites for hydroxylation is 3. The molecule has 8 heteroatoms. The molecule has 33 heavy (non-hydrogen) atoms. The minimum Gasteiger partial charge on any atom is -0.328 e. The number of hydrogen-bond acceptors (Lipinski definition) is 5. The van der Waals surface area contributed by atoms with Crippen molar-refractivity contribution in [1.29, 1.82) is 0 Å². The maximum atomic E-state index is 13.2. The summed E-state index contributed by atoms with van der Waals surface area (Å²) >= 11 is 0. The van der Waals surface area contributed by atoms with Crippen LogP contribution in [-0.2, 0) is 17.8 Å². The molecule has 0 unspecified atom stereocenters. The third-order valence-corrected chi connectivity index (χ3v) is 6.69. The Morgan fingerprint density at radius 1 is 1.12 bits per heavy atom. The summed E-state index contributed by atoms with van der Waals surface area (Å²) in [4.78, 5) is 39.5. The van der Waals surface area contributed by atoms with E-state index in [1.165, 1.54) is 5.56 Å². The first kappa shape index (κ1) is 21.3. The first-order valence-corrected chi connectivity index (χ1v) is 11.5. The number of rotatable bonds is 4. The summed E-state index contributed by atoms with van der Waals surface area (Å²) in [5.41, 5.74) is 5.48. The van der Waals surface area contributed by atoms with Crippen LogP contribution in [0.4, 0.5) is 5.82 Å². The van der Waals surface area contributed by atoms with Crippen molar-refractivity contribution >= 4 is 17.6 Å². The van der Waals surface area contributed by atoms with Crippen molar-refractivity contribution in [2.75, 3.05) is 11.4 Å². The number of aromatic amines is 1. The Hall–Kier alpha value is -3.55. The molecule has 1 fully saturated rings. The molecule has 1 N–H and O–H groups in total. The zero-order chi connectivity index (χ0) is 23.1. The van der Waals surface area contributed by atoms with E-state index >= 15 is 0 Å². The van der Waals surface area contributed by atoms with Gasteiger partial charge in [-0.2, -0.15) is 5.10 Å². The summed E-state index contributed by atoms with van der Waals surface area (Å²) in [5, 5.41) is 6.84. The number of H-pyrrole nitrogens is 1. The number of anilines is 1. The van der Waals surface area contributed by atoms with Crippen LogP contribution in [0.3, 0.4) is 0 Å². The second-order valence-electron chi connectivity index (χ2n) is 9.00. The lowest BCUT2D eigenvalue weighted by Crippen LogP contribution is -2.37. The molecular weight excluding hydrogens is 416 g/mol. The number of nitrogens with zero attached hydrogens (tertiary/aromatic N) is 5. The highest BCUT2D eigenvalue weighted by Crippen LogP contribution is 2.36. The van der Waals surface area contributed by atoms with Gasteiger partial charge in [-0.05, 0) is 45.6 Å². The number of likely N-dealkylation sites (tertiary alicyclic amines) is 1. The maximum absolute atomic E-state index is 13.2. The van der Waals surface area contributed by atoms with E-state index in [4.69, 9.17) is 9.97 Å². The van der Waals surface area contributed by atoms with Crippen molar-refractivity contribution in [1.82, 2.24) is 25.1 Å². The molecule has 2 aliphatic rings. The van der Waals surface area contributed by atoms with Gasteiger partial charge in [-0.1, -0.05) is 29.8 Å². The first-order valence-electron chi connectivity index (χ1n) is 11.5. The molecule has 0 saturated carbocycles. The van der Waals surface area contributed by atoms with Gasteiger partial charge < -0.3 is 4.90 Å². The van der Waals surface area contributed by atoms with Crippen LogP contribution in [0.5, 0.6) is 0 Å². The van der Waals surface area contributed by atoms with E-state index in [1.807, 2.05) is 25.7 Å². The van der Waals surface area contributed by atoms with Gasteiger partial charge in [0, 0.05) is 29.9 Å². The minimum absolute atomic E-state index is 0.0599. The number of benzene rings is 1. The molecule has 4 heterocycles. The summed E-state index contributed by atoms with van der Waals surface area (Å²) in [6.07, 6.45) is 4.36. The fourth-order valence-electron chi connectivity index (χ4n) is 4.79. The summed E-state index contributed by atoms with van der Waals surface area (Å²) in [6, 6.07) is 8.00. The topological polar surface area (TPSA) is 95.1 Å². The van der Waals surface area contributed by atoms with Crippen LogP contribution in [0.25, 0.3) is 0 Å². The van der Waals surface area contributed by atoms with E-state index in [2.05, 4.69) is 34.5 Å². The summed E-state index contributed by atoms with van der Waals surface area (Å²) < 4.78 is 0. The molecule has 0 bridgehead atoms. The Bertz CT molecular complexity index is 1220. The van der Waals surface area contributed by atoms with E-state index in [-0.39, 0.29) is 17.9 Å². The van der Waals surface area contributed by atoms with Crippen LogP contribution in [0.1, 0.15) is 69.6 Å². The second kappa shape index (κ2) is 8.42. The van der Waals surface area contributed by atoms with Gasteiger partial charge in [-0.15, -0.1) is 0 Å². The van der Waals surface area contributed by atoms with E-state index in [9.17, 15) is 9.59 Å². The summed E-state index contributed by atoms with van der Waals surface area (Å²) in [6.45, 7) is 7.00. The number of fused-ring (bicyclic) bond motifs is 1. The Morgan fingerprint density at radius 2 is 1.91 bits per heavy atom. The molecule has 5 rings (SSSR count). The highest BCUT2D eigenvalue weighted by Gasteiger charge is 2.36. The number of carbonyl (C=O) groups is 2. The molecule has 2 amide bonds. The number of aromatic nitrogens is 4. The van der Waals surface area contributed by atoms with Gasteiger partial charge in [0.05, 0.1) is 24.3 Å². The molecule has 1 aromatic carbocycles. The molecule has 0 radical (unpaired) electrons. The third kappa shape index (κ3) is 3.90. The van der Waals surface area contributed by atoms with Gasteiger partial charge in [-0.3, -0.25) is 19.6 Å². The number of nitrogens with one attached hydrogen (secondary N) is 1. The van der Waals surface area contributed by atoms with Crippen molar-refractivity contribution < 1.29 is 9.59 Å². The van der Waals surface area contributed by atoms with Crippen molar-refractivity contribution in [2.45, 2.75) is 59.0 Å². The van der Waals surface area contributed by atoms with Crippen LogP contribution >= 0.6 is 0 Å². The molecule has 1 atom stereocenters. The average molecular weight is 445 g/mol. The fourth-order valence-corrected chi connectivity index (χ4v) is 4.79. The molecular formula is C25H28N6O2. The molecule has 0 aliphatic carbocycles. The lowest BCUT2D eigenvalue weighted by Gasteiger charge is -2.31. The molecule has 2 aromatic heterocycles. The third-order valence-electron chi connectivity index (χ3n) is 6.69. The van der Waals surface area contributed by atoms with Gasteiger partial charge in [0.2, 0.25) is 5.91 Å². The monoisotopic (exact) mass is 444 g/mol. The van der Waals surface area contributed by atoms with Gasteiger partial charge >= 0.3 is 0 Å². The number of carbonyl (C=O) groups excluding carboxylic acids is 2. The van der Waals surface area contributed by atoms with E-state index in [0.717, 1.165) is 35.4 Å². The number of amides is 2. The predicted molar refractivity (Wildman–Crippen MR) is 124 cm³/mol. The highest BCUT2D eigenvalue weighted by molar-refractivity contribution is 5.96. The smallest absolute Gasteiger partial charge is 0.257 e. The summed E-state index contributed by atoms with van der Waals surface area (Å²) in [5.74, 6) is 1.31. The summed E-state index contributed by atoms with van der Waals surface area (Å²) in [7, 11) is 0. The second-order valence-corrected chi connectivity index (χ2v) is 9.00. The molecule has 3 aromatic rings. The zero-order valence-corrected chi connectivity index (χ0v) is 19.3. The van der Waals surface area contributed by atoms with Gasteiger partial charge in [0.1, 0.15) is 5.82 Å². The highest BCUT2D eigenvalue weighted by atomic mass is 16.2. The van der Waals surface area contributed by atoms with E-state index in [1.54, 1.807) is 11.1 Å². The maximum Gasteiger partial charge on any atom is 0.257 e. The standard InChI is InChI=1S/C25H28N6O2/c1-15-6-8-18(9-7-15)14-31-22(32)11-10-19-16(2)27-23(28-24(19)31)21-5-4-12-30(21)25(33)20-13-26-29-17(20)3/h6-9,13,21H,4-5,10-12,14H2,1-3H3,(H,26,29)/t21-/m0/s1. The lowest BCUT2D eigenvalue weighted by molar-refractivity contribution is -0.119. The zero-order valence-electron chi connectivity index (χ0n) is 19.3. The normalized spacial score (nSPS) is 18.0. The molecule has 8 nitrogen and oxygen atoms in total. The van der Waals surface area contributed by atoms with Crippen LogP contribution in [0, 0.1) is 20.8 Å². The molecule has 2 aliphatic heterocycles. The fraction of sp³-hybridized carbons (Fsp3) is 0.400. The molecule has 170 valence electrons. The van der Waals surface area contributed by atoms with Crippen LogP contribution < -0.4 is 4.90 Å². The first-order chi connectivity index (χ1) is 15.9. The van der Waals surface area contributed by atoms with Crippen molar-refractivity contribution in [3.05, 3.63) is 69.9 Å². The number of hydrogen-bond donors (Lipinski definition) is 1. The Labute approximate surface area is 193 Å². The van der Waals surface area contributed by atoms with Gasteiger partial charge in [0.25, 0.3) is 5.91 Å². The van der Waals surface area contributed by atoms with Crippen LogP contribution in [-0.4, -0.2) is 43.4 Å². The largest absolute Gasteiger partial charge is 0.328 e. The minimum atomic E-state index is -0.214. The SMILES string of the molecule is Cc1ccc(CN2C(=O)CCc3c(C)nc([C@@H]4CCCN4C(=O)c4cn[nH]c4C)nc32)cc1. The van der Waals surface area contributed by atoms with Crippen LogP contribution in [0.15, 0.2) is 30.5 Å². The van der Waals surface area contributed by atoms with Gasteiger partial charge in [0.15, 0.2) is 5.82 Å². The van der Waals surface area contributed by atoms with Gasteiger partial charge in [-0.25, -0.2) is 9.97 Å². The van der Waals surface area contributed by atoms with Crippen molar-refractivity contribution in [2.24, 2.45) is 0 Å². The molecule has 1 saturated heterocycles. The quantitative estimate of drug-likeness (QED) is 0.664. The Morgan fingerprint density at radius 3 is 2.64 bits per heavy atom. The average Bonchev–Trinajstić information content (AvgIpc) is 3.46. The Kier molecular flexibility index (Phi) is 5.44. The predicted octanol–water partition coefficient (Wildman–Crippen LogP) is 3.58. The lowest BCUT2D eigenvalue weighted by atomic mass is 10.0. The van der Waals surface area contributed by atoms with E-state index < -0.39 is 0 Å². The Balaban J connectivity index is 1.50.